The minimum atomic E-state index is -0.0512. The molecule has 2 aromatic rings. The van der Waals surface area contributed by atoms with Crippen LogP contribution in [0.3, 0.4) is 0 Å². The summed E-state index contributed by atoms with van der Waals surface area (Å²) in [4.78, 5) is 2.17. The Morgan fingerprint density at radius 1 is 1.26 bits per heavy atom. The van der Waals surface area contributed by atoms with Crippen molar-refractivity contribution in [2.75, 3.05) is 20.8 Å². The number of hydrogen-bond donors (Lipinski definition) is 1. The first kappa shape index (κ1) is 17.5. The third kappa shape index (κ3) is 3.74. The lowest BCUT2D eigenvalue weighted by atomic mass is 10.0. The number of benzene rings is 1. The molecule has 0 radical (unpaired) electrons. The fourth-order valence-corrected chi connectivity index (χ4v) is 2.96. The first-order valence-corrected chi connectivity index (χ1v) is 7.99. The molecule has 0 saturated heterocycles. The van der Waals surface area contributed by atoms with Crippen LogP contribution in [0.2, 0.25) is 0 Å². The van der Waals surface area contributed by atoms with Gasteiger partial charge in [-0.2, -0.15) is 5.10 Å². The summed E-state index contributed by atoms with van der Waals surface area (Å²) in [6, 6.07) is 7.82. The smallest absolute Gasteiger partial charge is 0.118 e. The van der Waals surface area contributed by atoms with Crippen molar-refractivity contribution in [1.29, 1.82) is 0 Å². The summed E-state index contributed by atoms with van der Waals surface area (Å²) in [5, 5.41) is 14.4. The Hall–Kier alpha value is -1.85. The van der Waals surface area contributed by atoms with Gasteiger partial charge in [0.25, 0.3) is 0 Å². The van der Waals surface area contributed by atoms with E-state index >= 15 is 0 Å². The molecule has 2 rings (SSSR count). The summed E-state index contributed by atoms with van der Waals surface area (Å²) in [5.74, 6) is 0.823. The van der Waals surface area contributed by atoms with Gasteiger partial charge in [0.1, 0.15) is 5.75 Å². The highest BCUT2D eigenvalue weighted by atomic mass is 16.5. The third-order valence-electron chi connectivity index (χ3n) is 4.44. The molecule has 1 aromatic carbocycles. The molecule has 126 valence electrons. The van der Waals surface area contributed by atoms with Gasteiger partial charge in [-0.15, -0.1) is 0 Å². The molecule has 5 nitrogen and oxygen atoms in total. The summed E-state index contributed by atoms with van der Waals surface area (Å²) < 4.78 is 7.23. The summed E-state index contributed by atoms with van der Waals surface area (Å²) in [5.41, 5.74) is 4.57. The first-order valence-electron chi connectivity index (χ1n) is 7.99. The van der Waals surface area contributed by atoms with Crippen LogP contribution in [0.4, 0.5) is 0 Å². The number of aromatic nitrogens is 2. The van der Waals surface area contributed by atoms with Crippen molar-refractivity contribution in [2.45, 2.75) is 39.9 Å². The summed E-state index contributed by atoms with van der Waals surface area (Å²) in [7, 11) is 3.69. The lowest BCUT2D eigenvalue weighted by Crippen LogP contribution is -2.27. The van der Waals surface area contributed by atoms with Crippen LogP contribution in [-0.2, 0) is 13.1 Å². The Morgan fingerprint density at radius 3 is 2.39 bits per heavy atom. The number of likely N-dealkylation sites (N-methyl/N-ethyl adjacent to an activating group) is 1. The van der Waals surface area contributed by atoms with E-state index in [2.05, 4.69) is 23.8 Å². The van der Waals surface area contributed by atoms with Crippen molar-refractivity contribution >= 4 is 0 Å². The summed E-state index contributed by atoms with van der Waals surface area (Å²) in [6.07, 6.45) is 0. The zero-order valence-electron chi connectivity index (χ0n) is 14.7. The summed E-state index contributed by atoms with van der Waals surface area (Å²) >= 11 is 0. The zero-order chi connectivity index (χ0) is 17.0. The molecule has 1 unspecified atom stereocenters. The lowest BCUT2D eigenvalue weighted by Gasteiger charge is -2.27. The van der Waals surface area contributed by atoms with Gasteiger partial charge in [0.05, 0.1) is 25.5 Å². The Morgan fingerprint density at radius 2 is 1.91 bits per heavy atom. The monoisotopic (exact) mass is 317 g/mol. The van der Waals surface area contributed by atoms with E-state index in [1.54, 1.807) is 7.11 Å². The predicted molar refractivity (Wildman–Crippen MR) is 91.7 cm³/mol. The van der Waals surface area contributed by atoms with E-state index in [-0.39, 0.29) is 12.6 Å². The number of nitrogens with zero attached hydrogens (tertiary/aromatic N) is 3. The van der Waals surface area contributed by atoms with Gasteiger partial charge < -0.3 is 9.84 Å². The van der Waals surface area contributed by atoms with Crippen molar-refractivity contribution in [3.8, 4) is 5.75 Å². The Kier molecular flexibility index (Phi) is 5.80. The highest BCUT2D eigenvalue weighted by Gasteiger charge is 2.20. The van der Waals surface area contributed by atoms with Crippen molar-refractivity contribution in [1.82, 2.24) is 14.7 Å². The maximum Gasteiger partial charge on any atom is 0.118 e. The number of methoxy groups -OCH3 is 1. The van der Waals surface area contributed by atoms with E-state index in [0.717, 1.165) is 30.1 Å². The molecule has 0 aliphatic carbocycles. The maximum absolute atomic E-state index is 9.85. The van der Waals surface area contributed by atoms with Crippen molar-refractivity contribution < 1.29 is 9.84 Å². The molecular formula is C18H27N3O2. The van der Waals surface area contributed by atoms with Crippen LogP contribution in [0.15, 0.2) is 24.3 Å². The van der Waals surface area contributed by atoms with E-state index in [1.807, 2.05) is 42.9 Å². The number of hydrogen-bond acceptors (Lipinski definition) is 4. The minimum Gasteiger partial charge on any atom is -0.497 e. The quantitative estimate of drug-likeness (QED) is 0.853. The van der Waals surface area contributed by atoms with Gasteiger partial charge in [-0.3, -0.25) is 9.58 Å². The molecule has 5 heteroatoms. The SMILES string of the molecule is CCn1nc(C)c(CN(C)C(CO)c2ccc(OC)cc2)c1C. The molecule has 0 amide bonds. The van der Waals surface area contributed by atoms with Crippen LogP contribution in [0.25, 0.3) is 0 Å². The van der Waals surface area contributed by atoms with Gasteiger partial charge in [0.15, 0.2) is 0 Å². The molecule has 0 fully saturated rings. The third-order valence-corrected chi connectivity index (χ3v) is 4.44. The first-order chi connectivity index (χ1) is 11.0. The predicted octanol–water partition coefficient (Wildman–Crippen LogP) is 2.69. The average molecular weight is 317 g/mol. The molecule has 0 spiro atoms. The van der Waals surface area contributed by atoms with Gasteiger partial charge in [0, 0.05) is 24.3 Å². The van der Waals surface area contributed by atoms with E-state index in [9.17, 15) is 5.11 Å². The Labute approximate surface area is 138 Å². The molecule has 0 aliphatic heterocycles. The molecule has 23 heavy (non-hydrogen) atoms. The highest BCUT2D eigenvalue weighted by Crippen LogP contribution is 2.25. The fraction of sp³-hybridized carbons (Fsp3) is 0.500. The van der Waals surface area contributed by atoms with Gasteiger partial charge in [-0.1, -0.05) is 12.1 Å². The number of aliphatic hydroxyl groups is 1. The molecular weight excluding hydrogens is 290 g/mol. The lowest BCUT2D eigenvalue weighted by molar-refractivity contribution is 0.142. The van der Waals surface area contributed by atoms with Crippen LogP contribution in [-0.4, -0.2) is 40.6 Å². The normalized spacial score (nSPS) is 12.7. The van der Waals surface area contributed by atoms with Crippen LogP contribution in [0.5, 0.6) is 5.75 Å². The topological polar surface area (TPSA) is 50.5 Å². The van der Waals surface area contributed by atoms with E-state index in [0.29, 0.717) is 0 Å². The molecule has 1 N–H and O–H groups in total. The molecule has 0 aliphatic rings. The maximum atomic E-state index is 9.85. The van der Waals surface area contributed by atoms with Crippen LogP contribution in [0, 0.1) is 13.8 Å². The molecule has 0 saturated carbocycles. The fourth-order valence-electron chi connectivity index (χ4n) is 2.96. The Balaban J connectivity index is 2.19. The standard InChI is InChI=1S/C18H27N3O2/c1-6-21-14(3)17(13(2)19-21)11-20(4)18(12-22)15-7-9-16(23-5)10-8-15/h7-10,18,22H,6,11-12H2,1-5H3. The molecule has 1 heterocycles. The largest absolute Gasteiger partial charge is 0.497 e. The Bertz CT molecular complexity index is 634. The second kappa shape index (κ2) is 7.62. The van der Waals surface area contributed by atoms with Crippen molar-refractivity contribution in [3.05, 3.63) is 46.8 Å². The minimum absolute atomic E-state index is 0.0512. The van der Waals surface area contributed by atoms with Crippen LogP contribution >= 0.6 is 0 Å². The van der Waals surface area contributed by atoms with Gasteiger partial charge in [0.2, 0.25) is 0 Å². The zero-order valence-corrected chi connectivity index (χ0v) is 14.7. The van der Waals surface area contributed by atoms with Crippen molar-refractivity contribution in [3.63, 3.8) is 0 Å². The second-order valence-corrected chi connectivity index (χ2v) is 5.85. The second-order valence-electron chi connectivity index (χ2n) is 5.85. The van der Waals surface area contributed by atoms with Crippen molar-refractivity contribution in [2.24, 2.45) is 0 Å². The number of aryl methyl sites for hydroxylation is 2. The van der Waals surface area contributed by atoms with E-state index in [4.69, 9.17) is 4.74 Å². The van der Waals surface area contributed by atoms with Crippen LogP contribution < -0.4 is 4.74 Å². The van der Waals surface area contributed by atoms with Gasteiger partial charge in [-0.25, -0.2) is 0 Å². The van der Waals surface area contributed by atoms with E-state index in [1.165, 1.54) is 11.3 Å². The van der Waals surface area contributed by atoms with Crippen LogP contribution in [0.1, 0.15) is 35.5 Å². The average Bonchev–Trinajstić information content (AvgIpc) is 2.83. The number of rotatable bonds is 7. The van der Waals surface area contributed by atoms with Gasteiger partial charge >= 0.3 is 0 Å². The molecule has 1 aromatic heterocycles. The highest BCUT2D eigenvalue weighted by molar-refractivity contribution is 5.30. The van der Waals surface area contributed by atoms with Gasteiger partial charge in [-0.05, 0) is 45.5 Å². The summed E-state index contributed by atoms with van der Waals surface area (Å²) in [6.45, 7) is 7.95. The molecule has 0 bridgehead atoms. The number of ether oxygens (including phenoxy) is 1. The molecule has 1 atom stereocenters. The van der Waals surface area contributed by atoms with E-state index < -0.39 is 0 Å². The number of aliphatic hydroxyl groups excluding tert-OH is 1.